The van der Waals surface area contributed by atoms with Crippen LogP contribution in [0.5, 0.6) is 0 Å². The monoisotopic (exact) mass is 335 g/mol. The van der Waals surface area contributed by atoms with Gasteiger partial charge in [0.1, 0.15) is 0 Å². The Bertz CT molecular complexity index is 546. The van der Waals surface area contributed by atoms with Crippen LogP contribution in [-0.4, -0.2) is 49.5 Å². The molecule has 1 aromatic carbocycles. The number of halogens is 1. The summed E-state index contributed by atoms with van der Waals surface area (Å²) in [4.78, 5) is 24.7. The van der Waals surface area contributed by atoms with Crippen LogP contribution in [0.2, 0.25) is 0 Å². The highest BCUT2D eigenvalue weighted by atomic mass is 35.5. The number of hydrogen-bond acceptors (Lipinski definition) is 5. The standard InChI is InChI=1S/C16H19BClNO4/c1-19-11-15(20)22-17(23-16(21)12-19)10-9-14(18)8-7-13-5-3-2-4-6-13/h2-6,9-10,14H,7-8,11-12H2,1H3/b10-9+/t14-/m1/s1. The molecule has 0 bridgehead atoms. The van der Waals surface area contributed by atoms with Crippen LogP contribution < -0.4 is 0 Å². The van der Waals surface area contributed by atoms with Gasteiger partial charge in [-0.05, 0) is 31.4 Å². The van der Waals surface area contributed by atoms with Gasteiger partial charge < -0.3 is 9.31 Å². The van der Waals surface area contributed by atoms with E-state index in [1.165, 1.54) is 16.4 Å². The first-order valence-corrected chi connectivity index (χ1v) is 7.90. The van der Waals surface area contributed by atoms with E-state index in [0.29, 0.717) is 0 Å². The molecule has 1 saturated heterocycles. The number of benzene rings is 1. The highest BCUT2D eigenvalue weighted by Crippen LogP contribution is 2.11. The average Bonchev–Trinajstić information content (AvgIpc) is 2.50. The molecule has 0 unspecified atom stereocenters. The SMILES string of the molecule is CN1CC(=O)OB(/C=C/[C@H](Cl)CCc2ccccc2)OC(=O)C1. The number of nitrogens with zero attached hydrogens (tertiary/aromatic N) is 1. The zero-order chi connectivity index (χ0) is 16.7. The molecule has 1 atom stereocenters. The summed E-state index contributed by atoms with van der Waals surface area (Å²) in [5.74, 6) is 0.638. The summed E-state index contributed by atoms with van der Waals surface area (Å²) >= 11 is 6.24. The van der Waals surface area contributed by atoms with Gasteiger partial charge in [-0.25, -0.2) is 0 Å². The average molecular weight is 336 g/mol. The summed E-state index contributed by atoms with van der Waals surface area (Å²) in [6, 6.07) is 10.0. The third-order valence-corrected chi connectivity index (χ3v) is 3.69. The number of carbonyl (C=O) groups is 2. The normalized spacial score (nSPS) is 18.3. The summed E-state index contributed by atoms with van der Waals surface area (Å²) < 4.78 is 10.2. The van der Waals surface area contributed by atoms with Gasteiger partial charge in [-0.15, -0.1) is 11.6 Å². The molecule has 1 aromatic rings. The van der Waals surface area contributed by atoms with E-state index in [4.69, 9.17) is 20.9 Å². The Balaban J connectivity index is 1.84. The molecule has 1 fully saturated rings. The Morgan fingerprint density at radius 2 is 1.83 bits per heavy atom. The Morgan fingerprint density at radius 1 is 1.22 bits per heavy atom. The van der Waals surface area contributed by atoms with E-state index >= 15 is 0 Å². The molecule has 0 N–H and O–H groups in total. The van der Waals surface area contributed by atoms with Gasteiger partial charge in [0.25, 0.3) is 0 Å². The number of likely N-dealkylation sites (N-methyl/N-ethyl adjacent to an activating group) is 1. The van der Waals surface area contributed by atoms with Gasteiger partial charge >= 0.3 is 19.1 Å². The predicted molar refractivity (Wildman–Crippen MR) is 89.0 cm³/mol. The van der Waals surface area contributed by atoms with Crippen LogP contribution in [0.3, 0.4) is 0 Å². The van der Waals surface area contributed by atoms with Gasteiger partial charge in [0.2, 0.25) is 0 Å². The molecule has 1 aliphatic rings. The van der Waals surface area contributed by atoms with Crippen molar-refractivity contribution in [2.75, 3.05) is 20.1 Å². The number of alkyl halides is 1. The number of allylic oxidation sites excluding steroid dienone is 1. The highest BCUT2D eigenvalue weighted by molar-refractivity contribution is 6.54. The van der Waals surface area contributed by atoms with Crippen LogP contribution in [0.4, 0.5) is 0 Å². The zero-order valence-corrected chi connectivity index (χ0v) is 13.7. The highest BCUT2D eigenvalue weighted by Gasteiger charge is 2.29. The minimum atomic E-state index is -1.01. The number of rotatable bonds is 5. The largest absolute Gasteiger partial charge is 0.628 e. The van der Waals surface area contributed by atoms with E-state index in [9.17, 15) is 9.59 Å². The smallest absolute Gasteiger partial charge is 0.495 e. The van der Waals surface area contributed by atoms with E-state index in [2.05, 4.69) is 0 Å². The topological polar surface area (TPSA) is 55.8 Å². The molecule has 1 heterocycles. The van der Waals surface area contributed by atoms with Gasteiger partial charge in [-0.2, -0.15) is 0 Å². The lowest BCUT2D eigenvalue weighted by atomic mass is 9.88. The van der Waals surface area contributed by atoms with Crippen LogP contribution in [0.25, 0.3) is 0 Å². The van der Waals surface area contributed by atoms with Crippen molar-refractivity contribution in [3.8, 4) is 0 Å². The first kappa shape index (κ1) is 17.6. The molecule has 5 nitrogen and oxygen atoms in total. The molecule has 0 saturated carbocycles. The summed E-state index contributed by atoms with van der Waals surface area (Å²) in [6.45, 7) is 0.107. The summed E-state index contributed by atoms with van der Waals surface area (Å²) in [6.07, 6.45) is 3.27. The van der Waals surface area contributed by atoms with Crippen molar-refractivity contribution in [3.63, 3.8) is 0 Å². The minimum absolute atomic E-state index is 0.0533. The summed E-state index contributed by atoms with van der Waals surface area (Å²) in [5.41, 5.74) is 1.21. The summed E-state index contributed by atoms with van der Waals surface area (Å²) in [5, 5.41) is -0.235. The lowest BCUT2D eigenvalue weighted by Gasteiger charge is -2.21. The minimum Gasteiger partial charge on any atom is -0.495 e. The maximum atomic E-state index is 11.6. The Labute approximate surface area is 141 Å². The van der Waals surface area contributed by atoms with Crippen molar-refractivity contribution in [1.82, 2.24) is 4.90 Å². The van der Waals surface area contributed by atoms with Gasteiger partial charge in [0, 0.05) is 0 Å². The van der Waals surface area contributed by atoms with Crippen LogP contribution in [0, 0.1) is 0 Å². The Morgan fingerprint density at radius 3 is 2.43 bits per heavy atom. The van der Waals surface area contributed by atoms with Crippen molar-refractivity contribution in [2.24, 2.45) is 0 Å². The molecule has 1 aliphatic heterocycles. The fraction of sp³-hybridized carbons (Fsp3) is 0.375. The van der Waals surface area contributed by atoms with Crippen molar-refractivity contribution in [1.29, 1.82) is 0 Å². The maximum absolute atomic E-state index is 11.6. The van der Waals surface area contributed by atoms with Crippen molar-refractivity contribution < 1.29 is 18.9 Å². The first-order valence-electron chi connectivity index (χ1n) is 7.47. The predicted octanol–water partition coefficient (Wildman–Crippen LogP) is 1.84. The number of aryl methyl sites for hydroxylation is 1. The van der Waals surface area contributed by atoms with Crippen LogP contribution in [0.1, 0.15) is 12.0 Å². The molecule has 2 rings (SSSR count). The second-order valence-corrected chi connectivity index (χ2v) is 6.01. The van der Waals surface area contributed by atoms with Crippen molar-refractivity contribution in [2.45, 2.75) is 18.2 Å². The molecule has 0 spiro atoms. The molecule has 7 heteroatoms. The lowest BCUT2D eigenvalue weighted by molar-refractivity contribution is -0.145. The molecular formula is C16H19BClNO4. The van der Waals surface area contributed by atoms with Gasteiger partial charge in [0.05, 0.1) is 18.5 Å². The molecule has 0 radical (unpaired) electrons. The van der Waals surface area contributed by atoms with Crippen molar-refractivity contribution >= 4 is 30.7 Å². The summed E-state index contributed by atoms with van der Waals surface area (Å²) in [7, 11) is 0.638. The number of carbonyl (C=O) groups excluding carboxylic acids is 2. The molecular weight excluding hydrogens is 316 g/mol. The van der Waals surface area contributed by atoms with E-state index in [-0.39, 0.29) is 18.5 Å². The van der Waals surface area contributed by atoms with Crippen LogP contribution in [0.15, 0.2) is 42.4 Å². The maximum Gasteiger partial charge on any atom is 0.628 e. The fourth-order valence-electron chi connectivity index (χ4n) is 2.19. The Hall–Kier alpha value is -1.79. The van der Waals surface area contributed by atoms with E-state index in [1.807, 2.05) is 30.3 Å². The van der Waals surface area contributed by atoms with Gasteiger partial charge in [-0.1, -0.05) is 36.4 Å². The lowest BCUT2D eigenvalue weighted by Crippen LogP contribution is -2.41. The third-order valence-electron chi connectivity index (χ3n) is 3.32. The van der Waals surface area contributed by atoms with Gasteiger partial charge in [-0.3, -0.25) is 14.5 Å². The van der Waals surface area contributed by atoms with E-state index in [0.717, 1.165) is 12.8 Å². The van der Waals surface area contributed by atoms with E-state index < -0.39 is 19.1 Å². The molecule has 0 aromatic heterocycles. The molecule has 122 valence electrons. The van der Waals surface area contributed by atoms with E-state index in [1.54, 1.807) is 13.1 Å². The third kappa shape index (κ3) is 6.46. The number of hydrogen-bond donors (Lipinski definition) is 0. The van der Waals surface area contributed by atoms with Crippen LogP contribution in [-0.2, 0) is 25.3 Å². The second-order valence-electron chi connectivity index (χ2n) is 5.45. The zero-order valence-electron chi connectivity index (χ0n) is 13.0. The first-order chi connectivity index (χ1) is 11.0. The molecule has 23 heavy (non-hydrogen) atoms. The fourth-order valence-corrected chi connectivity index (χ4v) is 2.38. The van der Waals surface area contributed by atoms with Crippen LogP contribution >= 0.6 is 11.6 Å². The second kappa shape index (κ2) is 8.74. The Kier molecular flexibility index (Phi) is 6.68. The molecule has 0 aliphatic carbocycles. The quantitative estimate of drug-likeness (QED) is 0.607. The van der Waals surface area contributed by atoms with Crippen molar-refractivity contribution in [3.05, 3.63) is 47.9 Å². The molecule has 0 amide bonds. The van der Waals surface area contributed by atoms with Gasteiger partial charge in [0.15, 0.2) is 0 Å².